The lowest BCUT2D eigenvalue weighted by atomic mass is 10.1. The third-order valence-corrected chi connectivity index (χ3v) is 5.75. The lowest BCUT2D eigenvalue weighted by molar-refractivity contribution is -0.127. The normalized spacial score (nSPS) is 17.8. The SMILES string of the molecule is C=Nc1cc(-c2cccc(C#CS(C)(C)C)c2)nn1/C=C\C.CC(C)(O)O.CNC1CCC(CO)C1. The van der Waals surface area contributed by atoms with E-state index in [2.05, 4.69) is 58.1 Å². The van der Waals surface area contributed by atoms with Crippen molar-refractivity contribution in [2.75, 3.05) is 32.4 Å². The summed E-state index contributed by atoms with van der Waals surface area (Å²) in [6.45, 7) is 8.50. The molecule has 0 amide bonds. The summed E-state index contributed by atoms with van der Waals surface area (Å²) in [6.07, 6.45) is 13.9. The maximum absolute atomic E-state index is 8.75. The van der Waals surface area contributed by atoms with Crippen molar-refractivity contribution >= 4 is 28.8 Å². The molecule has 2 aromatic rings. The molecule has 1 fully saturated rings. The summed E-state index contributed by atoms with van der Waals surface area (Å²) in [5, 5.41) is 36.0. The molecule has 200 valence electrons. The van der Waals surface area contributed by atoms with Gasteiger partial charge in [-0.15, -0.1) is 0 Å². The molecule has 1 aliphatic carbocycles. The molecule has 0 saturated heterocycles. The molecule has 7 nitrogen and oxygen atoms in total. The Labute approximate surface area is 218 Å². The second-order valence-electron chi connectivity index (χ2n) is 9.96. The molecular formula is C28H44N4O3S. The van der Waals surface area contributed by atoms with Crippen LogP contribution >= 0.6 is 10.0 Å². The first kappa shape index (κ1) is 31.6. The number of aliphatic hydroxyl groups is 3. The quantitative estimate of drug-likeness (QED) is 0.267. The number of hydrogen-bond acceptors (Lipinski definition) is 6. The molecule has 0 spiro atoms. The van der Waals surface area contributed by atoms with Crippen LogP contribution in [0.25, 0.3) is 17.5 Å². The highest BCUT2D eigenvalue weighted by Gasteiger charge is 2.21. The topological polar surface area (TPSA) is 103 Å². The van der Waals surface area contributed by atoms with Gasteiger partial charge < -0.3 is 20.6 Å². The maximum atomic E-state index is 8.75. The van der Waals surface area contributed by atoms with Crippen molar-refractivity contribution in [3.8, 4) is 22.4 Å². The van der Waals surface area contributed by atoms with Crippen molar-refractivity contribution in [3.63, 3.8) is 0 Å². The Bertz CT molecular complexity index is 1020. The molecule has 8 heteroatoms. The number of aliphatic imine (C=N–C) groups is 1. The summed E-state index contributed by atoms with van der Waals surface area (Å²) in [7, 11) is 1.16. The summed E-state index contributed by atoms with van der Waals surface area (Å²) in [5.74, 6) is 3.06. The highest BCUT2D eigenvalue weighted by molar-refractivity contribution is 8.35. The first-order valence-electron chi connectivity index (χ1n) is 12.0. The zero-order valence-electron chi connectivity index (χ0n) is 22.8. The number of aromatic nitrogens is 2. The molecule has 1 aliphatic rings. The molecule has 1 saturated carbocycles. The van der Waals surface area contributed by atoms with E-state index in [-0.39, 0.29) is 0 Å². The first-order chi connectivity index (χ1) is 16.8. The summed E-state index contributed by atoms with van der Waals surface area (Å²) >= 11 is 0. The summed E-state index contributed by atoms with van der Waals surface area (Å²) in [6, 6.07) is 10.7. The fraction of sp³-hybridized carbons (Fsp3) is 0.500. The fourth-order valence-corrected chi connectivity index (χ4v) is 3.79. The molecule has 1 heterocycles. The molecular weight excluding hydrogens is 472 g/mol. The van der Waals surface area contributed by atoms with Crippen LogP contribution in [0.1, 0.15) is 45.6 Å². The average molecular weight is 517 g/mol. The number of benzene rings is 1. The van der Waals surface area contributed by atoms with Crippen molar-refractivity contribution in [2.45, 2.75) is 51.9 Å². The Morgan fingerprint density at radius 1 is 1.25 bits per heavy atom. The molecule has 3 rings (SSSR count). The Morgan fingerprint density at radius 3 is 2.39 bits per heavy atom. The van der Waals surface area contributed by atoms with Gasteiger partial charge in [-0.2, -0.15) is 15.1 Å². The summed E-state index contributed by atoms with van der Waals surface area (Å²) in [5.41, 5.74) is 2.91. The van der Waals surface area contributed by atoms with Crippen molar-refractivity contribution in [1.29, 1.82) is 0 Å². The largest absolute Gasteiger partial charge is 0.396 e. The van der Waals surface area contributed by atoms with E-state index in [1.54, 1.807) is 4.68 Å². The van der Waals surface area contributed by atoms with Crippen LogP contribution in [0.2, 0.25) is 0 Å². The van der Waals surface area contributed by atoms with Gasteiger partial charge in [0, 0.05) is 36.0 Å². The van der Waals surface area contributed by atoms with Gasteiger partial charge in [0.1, 0.15) is 0 Å². The van der Waals surface area contributed by atoms with Gasteiger partial charge in [0.2, 0.25) is 0 Å². The van der Waals surface area contributed by atoms with Gasteiger partial charge in [-0.3, -0.25) is 0 Å². The van der Waals surface area contributed by atoms with Gasteiger partial charge in [0.25, 0.3) is 0 Å². The summed E-state index contributed by atoms with van der Waals surface area (Å²) < 4.78 is 1.72. The maximum Gasteiger partial charge on any atom is 0.156 e. The molecule has 0 radical (unpaired) electrons. The Balaban J connectivity index is 0.000000379. The van der Waals surface area contributed by atoms with Crippen LogP contribution in [0, 0.1) is 17.1 Å². The van der Waals surface area contributed by atoms with Crippen molar-refractivity contribution in [3.05, 3.63) is 42.0 Å². The Hall–Kier alpha value is -2.41. The van der Waals surface area contributed by atoms with E-state index >= 15 is 0 Å². The van der Waals surface area contributed by atoms with Crippen LogP contribution in [0.15, 0.2) is 41.4 Å². The second kappa shape index (κ2) is 15.0. The molecule has 36 heavy (non-hydrogen) atoms. The molecule has 1 aromatic heterocycles. The average Bonchev–Trinajstić information content (AvgIpc) is 3.44. The van der Waals surface area contributed by atoms with Gasteiger partial charge in [0.15, 0.2) is 11.6 Å². The summed E-state index contributed by atoms with van der Waals surface area (Å²) in [4.78, 5) is 4.00. The lowest BCUT2D eigenvalue weighted by Gasteiger charge is -2.14. The third-order valence-electron chi connectivity index (χ3n) is 5.04. The zero-order chi connectivity index (χ0) is 27.4. The Morgan fingerprint density at radius 2 is 1.92 bits per heavy atom. The lowest BCUT2D eigenvalue weighted by Crippen LogP contribution is -2.21. The van der Waals surface area contributed by atoms with Crippen LogP contribution < -0.4 is 5.32 Å². The van der Waals surface area contributed by atoms with Crippen molar-refractivity contribution < 1.29 is 15.3 Å². The van der Waals surface area contributed by atoms with E-state index in [0.29, 0.717) is 18.6 Å². The third kappa shape index (κ3) is 13.1. The minimum absolute atomic E-state index is 0.373. The minimum Gasteiger partial charge on any atom is -0.396 e. The molecule has 4 N–H and O–H groups in total. The second-order valence-corrected chi connectivity index (χ2v) is 13.8. The van der Waals surface area contributed by atoms with Crippen LogP contribution in [-0.4, -0.2) is 76.1 Å². The number of allylic oxidation sites excluding steroid dienone is 1. The molecule has 2 unspecified atom stereocenters. The first-order valence-corrected chi connectivity index (χ1v) is 14.9. The van der Waals surface area contributed by atoms with E-state index < -0.39 is 15.8 Å². The molecule has 0 bridgehead atoms. The van der Waals surface area contributed by atoms with Crippen LogP contribution in [0.5, 0.6) is 0 Å². The number of rotatable bonds is 5. The zero-order valence-corrected chi connectivity index (χ0v) is 23.6. The smallest absolute Gasteiger partial charge is 0.156 e. The standard InChI is InChI=1S/C18H21N3S.C7H15NO.C3H8O2/c1-6-11-21-18(19-2)14-17(20-21)16-9-7-8-15(13-16)10-12-22(3,4)5;1-8-7-3-2-6(4-7)5-9;1-3(2,4)5/h6-9,11,13-14H,2H2,1,3-5H3;6-9H,2-5H2,1H3;4-5H,1-2H3/b11-6-;;. The van der Waals surface area contributed by atoms with Gasteiger partial charge in [-0.05, 0) is 95.9 Å². The van der Waals surface area contributed by atoms with E-state index in [0.717, 1.165) is 29.1 Å². The number of nitrogens with one attached hydrogen (secondary N) is 1. The van der Waals surface area contributed by atoms with E-state index in [9.17, 15) is 0 Å². The van der Waals surface area contributed by atoms with E-state index in [1.807, 2.05) is 50.5 Å². The van der Waals surface area contributed by atoms with Gasteiger partial charge in [-0.25, -0.2) is 9.67 Å². The molecule has 1 aromatic carbocycles. The highest BCUT2D eigenvalue weighted by atomic mass is 32.3. The Kier molecular flexibility index (Phi) is 13.2. The van der Waals surface area contributed by atoms with Crippen molar-refractivity contribution in [1.82, 2.24) is 15.1 Å². The number of nitrogens with zero attached hydrogens (tertiary/aromatic N) is 3. The molecule has 0 aliphatic heterocycles. The van der Waals surface area contributed by atoms with Gasteiger partial charge in [0.05, 0.1) is 5.69 Å². The minimum atomic E-state index is -1.50. The predicted molar refractivity (Wildman–Crippen MR) is 156 cm³/mol. The van der Waals surface area contributed by atoms with Crippen LogP contribution in [0.3, 0.4) is 0 Å². The van der Waals surface area contributed by atoms with Gasteiger partial charge in [-0.1, -0.05) is 24.1 Å². The van der Waals surface area contributed by atoms with E-state index in [4.69, 9.17) is 15.3 Å². The predicted octanol–water partition coefficient (Wildman–Crippen LogP) is 4.45. The monoisotopic (exact) mass is 516 g/mol. The number of hydrogen-bond donors (Lipinski definition) is 4. The number of aliphatic hydroxyl groups excluding tert-OH is 1. The highest BCUT2D eigenvalue weighted by Crippen LogP contribution is 2.32. The van der Waals surface area contributed by atoms with Crippen LogP contribution in [0.4, 0.5) is 5.82 Å². The fourth-order valence-electron chi connectivity index (χ4n) is 3.37. The van der Waals surface area contributed by atoms with Gasteiger partial charge >= 0.3 is 0 Å². The van der Waals surface area contributed by atoms with E-state index in [1.165, 1.54) is 26.7 Å². The molecule has 2 atom stereocenters. The van der Waals surface area contributed by atoms with Crippen LogP contribution in [-0.2, 0) is 0 Å². The van der Waals surface area contributed by atoms with Crippen molar-refractivity contribution in [2.24, 2.45) is 10.9 Å².